The van der Waals surface area contributed by atoms with Crippen LogP contribution in [-0.4, -0.2) is 120 Å². The van der Waals surface area contributed by atoms with Gasteiger partial charge in [-0.2, -0.15) is 0 Å². The largest absolute Gasteiger partial charge is 0.252 e. The lowest BCUT2D eigenvalue weighted by Crippen LogP contribution is -2.09. The molecule has 0 fully saturated rings. The van der Waals surface area contributed by atoms with Gasteiger partial charge in [-0.1, -0.05) is 379 Å². The summed E-state index contributed by atoms with van der Waals surface area (Å²) in [6, 6.07) is 0. The van der Waals surface area contributed by atoms with Crippen molar-refractivity contribution in [3.63, 3.8) is 0 Å². The summed E-state index contributed by atoms with van der Waals surface area (Å²) in [5.74, 6) is 12.2. The van der Waals surface area contributed by atoms with Crippen LogP contribution in [0.2, 0.25) is 0 Å². The van der Waals surface area contributed by atoms with E-state index >= 15 is 0 Å². The van der Waals surface area contributed by atoms with E-state index in [1.807, 2.05) is 43.5 Å². The van der Waals surface area contributed by atoms with Crippen LogP contribution in [0.4, 0.5) is 0 Å². The van der Waals surface area contributed by atoms with E-state index in [0.29, 0.717) is 17.8 Å². The number of hydrogen-bond acceptors (Lipinski definition) is 16. The monoisotopic (exact) mass is 1910 g/mol. The van der Waals surface area contributed by atoms with Gasteiger partial charge in [0, 0.05) is 77.1 Å². The molecule has 0 radical (unpaired) electrons. The maximum absolute atomic E-state index is 4.22. The van der Waals surface area contributed by atoms with E-state index in [1.165, 1.54) is 235 Å². The average Bonchev–Trinajstić information content (AvgIpc) is 1.77. The molecule has 24 nitrogen and oxygen atoms in total. The molecule has 8 aromatic rings. The van der Waals surface area contributed by atoms with Gasteiger partial charge < -0.3 is 0 Å². The Morgan fingerprint density at radius 3 is 0.774 bits per heavy atom. The Kier molecular flexibility index (Phi) is 75.4. The van der Waals surface area contributed by atoms with Crippen molar-refractivity contribution in [3.8, 4) is 0 Å². The lowest BCUT2D eigenvalue weighted by Gasteiger charge is -2.08. The van der Waals surface area contributed by atoms with E-state index in [2.05, 4.69) is 348 Å². The average molecular weight is 1910 g/mol. The van der Waals surface area contributed by atoms with Crippen LogP contribution in [0.5, 0.6) is 0 Å². The van der Waals surface area contributed by atoms with Gasteiger partial charge >= 0.3 is 0 Å². The summed E-state index contributed by atoms with van der Waals surface area (Å²) >= 11 is 0. The minimum Gasteiger partial charge on any atom is -0.252 e. The fraction of sp³-hybridized carbons (Fsp3) is 0.858. The Labute approximate surface area is 842 Å². The number of aryl methyl sites for hydroxylation is 13. The van der Waals surface area contributed by atoms with Crippen molar-refractivity contribution >= 4 is 0 Å². The zero-order valence-electron chi connectivity index (χ0n) is 95.2. The third-order valence-electron chi connectivity index (χ3n) is 24.1. The van der Waals surface area contributed by atoms with Crippen molar-refractivity contribution in [2.75, 3.05) is 0 Å². The lowest BCUT2D eigenvalue weighted by molar-refractivity contribution is 0.453. The first-order valence-electron chi connectivity index (χ1n) is 56.2. The second-order valence-electron chi connectivity index (χ2n) is 46.7. The van der Waals surface area contributed by atoms with Crippen molar-refractivity contribution in [2.24, 2.45) is 94.7 Å². The van der Waals surface area contributed by atoms with Crippen LogP contribution in [-0.2, 0) is 104 Å². The molecule has 0 aliphatic carbocycles. The fourth-order valence-electron chi connectivity index (χ4n) is 15.6. The van der Waals surface area contributed by atoms with Gasteiger partial charge in [-0.25, -0.2) is 18.7 Å². The molecule has 0 spiro atoms. The second kappa shape index (κ2) is 80.6. The van der Waals surface area contributed by atoms with Gasteiger partial charge in [0.05, 0.1) is 70.3 Å². The Morgan fingerprint density at radius 1 is 0.175 bits per heavy atom. The number of nitrogens with zero attached hydrogens (tertiary/aromatic N) is 24. The van der Waals surface area contributed by atoms with Crippen molar-refractivity contribution in [3.05, 3.63) is 95.1 Å². The highest BCUT2D eigenvalue weighted by atomic mass is 15.5. The molecule has 0 saturated heterocycles. The normalized spacial score (nSPS) is 11.6. The summed E-state index contributed by atoms with van der Waals surface area (Å²) in [7, 11) is 0. The van der Waals surface area contributed by atoms with Crippen LogP contribution in [0.1, 0.15) is 479 Å². The van der Waals surface area contributed by atoms with Gasteiger partial charge in [0.1, 0.15) is 0 Å². The van der Waals surface area contributed by atoms with E-state index in [4.69, 9.17) is 0 Å². The molecule has 137 heavy (non-hydrogen) atoms. The molecule has 0 saturated carbocycles. The third kappa shape index (κ3) is 75.6. The smallest absolute Gasteiger partial charge is 0.0829 e. The molecular weight excluding hydrogens is 1690 g/mol. The third-order valence-corrected chi connectivity index (χ3v) is 24.1. The van der Waals surface area contributed by atoms with E-state index in [-0.39, 0.29) is 0 Å². The lowest BCUT2D eigenvalue weighted by atomic mass is 10.0. The summed E-state index contributed by atoms with van der Waals surface area (Å²) in [5, 5.41) is 66.3. The predicted molar refractivity (Wildman–Crippen MR) is 580 cm³/mol. The van der Waals surface area contributed by atoms with E-state index in [1.54, 1.807) is 0 Å². The van der Waals surface area contributed by atoms with Crippen LogP contribution in [0.15, 0.2) is 49.6 Å². The van der Waals surface area contributed by atoms with Crippen molar-refractivity contribution in [1.82, 2.24) is 120 Å². The Hall–Kier alpha value is -6.88. The molecule has 0 bridgehead atoms. The topological polar surface area (TPSA) is 246 Å². The first-order chi connectivity index (χ1) is 65.2. The zero-order valence-corrected chi connectivity index (χ0v) is 95.2. The SMILES string of the molecule is CC(C)CCCCCc1cnnn1CC(C)C.CC(C)CCCCCc1cnnn1CCC(C)C.CC(C)CCCCCc1cnnn1CCCC(C)C.CC(C)CCCCCn1cc(CC(C)C)nn1.CC(C)CCCCc1cn(CC(C)C)nn1.CC(C)CCCCc1cn(CCC(C)C)nn1.CC(C)CCCc1cn(CCCC(C)C)nn1.CC(C)CCCc1cnnn1CCC(C)C. The highest BCUT2D eigenvalue weighted by molar-refractivity contribution is 4.99. The molecule has 8 aromatic heterocycles. The maximum atomic E-state index is 4.22. The van der Waals surface area contributed by atoms with Gasteiger partial charge in [0.2, 0.25) is 0 Å². The van der Waals surface area contributed by atoms with Gasteiger partial charge in [-0.05, 0) is 242 Å². The first kappa shape index (κ1) is 128. The zero-order chi connectivity index (χ0) is 102. The molecule has 0 N–H and O–H groups in total. The van der Waals surface area contributed by atoms with Gasteiger partial charge in [0.25, 0.3) is 0 Å². The molecule has 0 aliphatic rings. The number of rotatable bonds is 65. The van der Waals surface area contributed by atoms with E-state index in [0.717, 1.165) is 203 Å². The number of hydrogen-bond donors (Lipinski definition) is 0. The number of aromatic nitrogens is 24. The second-order valence-corrected chi connectivity index (χ2v) is 46.7. The van der Waals surface area contributed by atoms with E-state index < -0.39 is 0 Å². The minimum absolute atomic E-state index is 0.635. The minimum atomic E-state index is 0.635. The quantitative estimate of drug-likeness (QED) is 0.0322. The van der Waals surface area contributed by atoms with Gasteiger partial charge in [-0.15, -0.1) is 40.8 Å². The molecule has 24 heteroatoms. The van der Waals surface area contributed by atoms with Crippen LogP contribution in [0.25, 0.3) is 0 Å². The van der Waals surface area contributed by atoms with Crippen LogP contribution in [0, 0.1) is 94.7 Å². The summed E-state index contributed by atoms with van der Waals surface area (Å²) < 4.78 is 16.3. The van der Waals surface area contributed by atoms with Crippen LogP contribution in [0.3, 0.4) is 0 Å². The molecule has 0 amide bonds. The highest BCUT2D eigenvalue weighted by Crippen LogP contribution is 2.21. The first-order valence-corrected chi connectivity index (χ1v) is 56.2. The van der Waals surface area contributed by atoms with Crippen molar-refractivity contribution in [2.45, 2.75) is 537 Å². The highest BCUT2D eigenvalue weighted by Gasteiger charge is 2.14. The maximum Gasteiger partial charge on any atom is 0.0829 e. The summed E-state index contributed by atoms with van der Waals surface area (Å²) in [4.78, 5) is 0. The van der Waals surface area contributed by atoms with Crippen molar-refractivity contribution in [1.29, 1.82) is 0 Å². The summed E-state index contributed by atoms with van der Waals surface area (Å²) in [6.45, 7) is 80.4. The van der Waals surface area contributed by atoms with Gasteiger partial charge in [0.15, 0.2) is 0 Å². The predicted octanol–water partition coefficient (Wildman–Crippen LogP) is 29.9. The molecule has 0 aromatic carbocycles. The molecule has 790 valence electrons. The van der Waals surface area contributed by atoms with Crippen LogP contribution >= 0.6 is 0 Å². The Bertz CT molecular complexity index is 3900. The van der Waals surface area contributed by atoms with Gasteiger partial charge in [-0.3, -0.25) is 18.7 Å². The van der Waals surface area contributed by atoms with Crippen LogP contribution < -0.4 is 0 Å². The standard InChI is InChI=1S/C16H31N3.C15H29N3.4C14H27N3.2C13H25N3/c1-14(2)9-6-5-7-11-16-13-17-18-19(16)12-8-10-15(3)4;1-13(2)8-6-5-7-9-15-12-16-17-18(15)11-10-14(3)4;1-12(2)7-5-9-14-11-17(16-15-14)10-6-8-13(3)4;1-12(2)7-5-6-8-14-11-17(16-15-14)10-9-13(3)4;1-12(2)8-6-5-7-9-14-10-15-16-17(14)11-13(3)4;1-12(2)8-6-5-7-9-17-11-14(15-16-17)10-13(3)4;1-11(2)6-5-7-13-10-14-15-16(13)9-8-12(3)4;1-11(2)7-5-6-8-13-10-16(15-14-13)9-12(3)4/h13-15H,5-12H2,1-4H3;12-14H,5-11H2,1-4H3;2*11-13H,5-10H2,1-4H3;10,12-13H,5-9,11H2,1-4H3;11-13H,5-10H2,1-4H3;2*10-12H,5-9H2,1-4H3. The Morgan fingerprint density at radius 2 is 0.416 bits per heavy atom. The van der Waals surface area contributed by atoms with Crippen molar-refractivity contribution < 1.29 is 0 Å². The molecule has 8 heterocycles. The Balaban J connectivity index is 0.000000783. The molecule has 0 unspecified atom stereocenters. The number of unbranched alkanes of at least 4 members (excludes halogenated alkanes) is 10. The molecule has 0 aliphatic heterocycles. The fourth-order valence-corrected chi connectivity index (χ4v) is 15.6. The summed E-state index contributed by atoms with van der Waals surface area (Å²) in [5.41, 5.74) is 9.78. The molecular formula is C113H218N24. The summed E-state index contributed by atoms with van der Waals surface area (Å²) in [6.07, 6.45) is 67.2. The molecule has 0 atom stereocenters. The van der Waals surface area contributed by atoms with E-state index in [9.17, 15) is 0 Å². The molecule has 8 rings (SSSR count).